The molecule has 0 radical (unpaired) electrons. The first-order chi connectivity index (χ1) is 11.2. The Kier molecular flexibility index (Phi) is 5.53. The van der Waals surface area contributed by atoms with E-state index in [1.54, 1.807) is 0 Å². The minimum Gasteiger partial charge on any atom is -0.325 e. The Morgan fingerprint density at radius 3 is 2.42 bits per heavy atom. The van der Waals surface area contributed by atoms with E-state index < -0.39 is 34.1 Å². The van der Waals surface area contributed by atoms with Crippen LogP contribution in [0.1, 0.15) is 5.56 Å². The van der Waals surface area contributed by atoms with Crippen LogP contribution < -0.4 is 10.0 Å². The number of rotatable bonds is 5. The van der Waals surface area contributed by atoms with Gasteiger partial charge in [0.1, 0.15) is 11.6 Å². The van der Waals surface area contributed by atoms with Crippen molar-refractivity contribution in [2.24, 2.45) is 0 Å². The van der Waals surface area contributed by atoms with E-state index in [2.05, 4.69) is 10.0 Å². The maximum Gasteiger partial charge on any atom is 0.241 e. The Balaban J connectivity index is 2.01. The molecule has 0 heterocycles. The Labute approximate surface area is 142 Å². The highest BCUT2D eigenvalue weighted by Gasteiger charge is 2.17. The molecule has 0 bridgehead atoms. The van der Waals surface area contributed by atoms with Crippen molar-refractivity contribution in [3.8, 4) is 0 Å². The molecular weight excluding hydrogens is 362 g/mol. The summed E-state index contributed by atoms with van der Waals surface area (Å²) in [5, 5.41) is 2.21. The number of carbonyl (C=O) groups is 1. The van der Waals surface area contributed by atoms with Crippen molar-refractivity contribution in [1.82, 2.24) is 4.72 Å². The summed E-state index contributed by atoms with van der Waals surface area (Å²) in [4.78, 5) is 11.6. The summed E-state index contributed by atoms with van der Waals surface area (Å²) in [5.41, 5.74) is 0.395. The van der Waals surface area contributed by atoms with Gasteiger partial charge in [0.05, 0.1) is 16.5 Å². The highest BCUT2D eigenvalue weighted by atomic mass is 35.5. The fraction of sp³-hybridized carbons (Fsp3) is 0.133. The van der Waals surface area contributed by atoms with Crippen LogP contribution in [0.4, 0.5) is 14.5 Å². The second-order valence-electron chi connectivity index (χ2n) is 4.91. The molecule has 1 amide bonds. The van der Waals surface area contributed by atoms with Gasteiger partial charge in [-0.2, -0.15) is 0 Å². The number of nitrogens with one attached hydrogen (secondary N) is 2. The lowest BCUT2D eigenvalue weighted by Crippen LogP contribution is -2.33. The van der Waals surface area contributed by atoms with Crippen LogP contribution >= 0.6 is 11.6 Å². The zero-order chi connectivity index (χ0) is 17.9. The zero-order valence-corrected chi connectivity index (χ0v) is 14.0. The zero-order valence-electron chi connectivity index (χ0n) is 12.4. The van der Waals surface area contributed by atoms with Gasteiger partial charge < -0.3 is 5.32 Å². The summed E-state index contributed by atoms with van der Waals surface area (Å²) in [5.74, 6) is -1.83. The van der Waals surface area contributed by atoms with E-state index in [-0.39, 0.29) is 21.2 Å². The predicted molar refractivity (Wildman–Crippen MR) is 86.4 cm³/mol. The number of sulfonamides is 1. The number of anilines is 1. The van der Waals surface area contributed by atoms with Crippen molar-refractivity contribution in [3.05, 3.63) is 58.6 Å². The normalized spacial score (nSPS) is 11.3. The Bertz CT molecular complexity index is 888. The summed E-state index contributed by atoms with van der Waals surface area (Å²) >= 11 is 5.59. The molecule has 2 aromatic rings. The maximum atomic E-state index is 13.2. The molecule has 0 saturated heterocycles. The minimum absolute atomic E-state index is 0.154. The molecule has 0 unspecified atom stereocenters. The monoisotopic (exact) mass is 374 g/mol. The Hall–Kier alpha value is -2.03. The van der Waals surface area contributed by atoms with Crippen LogP contribution in [0.2, 0.25) is 5.02 Å². The van der Waals surface area contributed by atoms with Gasteiger partial charge in [-0.05, 0) is 48.9 Å². The molecule has 0 saturated carbocycles. The molecule has 2 rings (SSSR count). The summed E-state index contributed by atoms with van der Waals surface area (Å²) in [6.07, 6.45) is 0. The van der Waals surface area contributed by atoms with Crippen LogP contribution in [0, 0.1) is 18.6 Å². The molecule has 24 heavy (non-hydrogen) atoms. The predicted octanol–water partition coefficient (Wildman–Crippen LogP) is 2.84. The van der Waals surface area contributed by atoms with E-state index in [0.717, 1.165) is 24.3 Å². The molecular formula is C15H13ClF2N2O3S. The van der Waals surface area contributed by atoms with E-state index in [1.165, 1.54) is 19.1 Å². The average Bonchev–Trinajstić information content (AvgIpc) is 2.52. The number of benzene rings is 2. The second-order valence-corrected chi connectivity index (χ2v) is 7.09. The van der Waals surface area contributed by atoms with Crippen LogP contribution in [0.15, 0.2) is 41.3 Å². The summed E-state index contributed by atoms with van der Waals surface area (Å²) in [7, 11) is -3.97. The van der Waals surface area contributed by atoms with Crippen molar-refractivity contribution in [2.45, 2.75) is 11.8 Å². The van der Waals surface area contributed by atoms with Gasteiger partial charge in [-0.25, -0.2) is 21.9 Å². The largest absolute Gasteiger partial charge is 0.325 e. The first kappa shape index (κ1) is 18.3. The van der Waals surface area contributed by atoms with Crippen LogP contribution in [0.25, 0.3) is 0 Å². The molecule has 0 spiro atoms. The summed E-state index contributed by atoms with van der Waals surface area (Å²) < 4.78 is 52.4. The quantitative estimate of drug-likeness (QED) is 0.845. The lowest BCUT2D eigenvalue weighted by atomic mass is 10.2. The highest BCUT2D eigenvalue weighted by molar-refractivity contribution is 7.89. The van der Waals surface area contributed by atoms with Crippen LogP contribution in [-0.2, 0) is 14.8 Å². The lowest BCUT2D eigenvalue weighted by molar-refractivity contribution is -0.115. The number of hydrogen-bond donors (Lipinski definition) is 2. The maximum absolute atomic E-state index is 13.2. The van der Waals surface area contributed by atoms with Gasteiger partial charge in [-0.1, -0.05) is 11.6 Å². The topological polar surface area (TPSA) is 75.3 Å². The van der Waals surface area contributed by atoms with E-state index >= 15 is 0 Å². The van der Waals surface area contributed by atoms with Gasteiger partial charge in [0.15, 0.2) is 0 Å². The first-order valence-electron chi connectivity index (χ1n) is 6.70. The molecule has 0 aliphatic heterocycles. The third-order valence-corrected chi connectivity index (χ3v) is 4.75. The summed E-state index contributed by atoms with van der Waals surface area (Å²) in [6, 6.07) is 6.86. The molecule has 9 heteroatoms. The van der Waals surface area contributed by atoms with Gasteiger partial charge >= 0.3 is 0 Å². The number of aryl methyl sites for hydroxylation is 1. The summed E-state index contributed by atoms with van der Waals surface area (Å²) in [6.45, 7) is 0.882. The Morgan fingerprint density at radius 1 is 1.12 bits per heavy atom. The average molecular weight is 375 g/mol. The molecule has 128 valence electrons. The van der Waals surface area contributed by atoms with Crippen molar-refractivity contribution < 1.29 is 22.0 Å². The van der Waals surface area contributed by atoms with Gasteiger partial charge in [-0.3, -0.25) is 4.79 Å². The third kappa shape index (κ3) is 4.50. The van der Waals surface area contributed by atoms with Crippen LogP contribution in [-0.4, -0.2) is 20.9 Å². The molecule has 2 aromatic carbocycles. The fourth-order valence-electron chi connectivity index (χ4n) is 1.81. The van der Waals surface area contributed by atoms with Crippen LogP contribution in [0.3, 0.4) is 0 Å². The van der Waals surface area contributed by atoms with E-state index in [4.69, 9.17) is 11.6 Å². The SMILES string of the molecule is Cc1cc(S(=O)(=O)NCC(=O)Nc2ccc(F)c(Cl)c2)ccc1F. The lowest BCUT2D eigenvalue weighted by Gasteiger charge is -2.09. The van der Waals surface area contributed by atoms with Gasteiger partial charge in [0.25, 0.3) is 0 Å². The number of hydrogen-bond acceptors (Lipinski definition) is 3. The van der Waals surface area contributed by atoms with Gasteiger partial charge in [0.2, 0.25) is 15.9 Å². The third-order valence-electron chi connectivity index (χ3n) is 3.07. The van der Waals surface area contributed by atoms with Crippen molar-refractivity contribution in [2.75, 3.05) is 11.9 Å². The minimum atomic E-state index is -3.97. The van der Waals surface area contributed by atoms with E-state index in [9.17, 15) is 22.0 Å². The molecule has 0 aromatic heterocycles. The number of amides is 1. The van der Waals surface area contributed by atoms with Gasteiger partial charge in [-0.15, -0.1) is 0 Å². The van der Waals surface area contributed by atoms with Crippen molar-refractivity contribution in [1.29, 1.82) is 0 Å². The number of halogens is 3. The smallest absolute Gasteiger partial charge is 0.241 e. The second kappa shape index (κ2) is 7.25. The van der Waals surface area contributed by atoms with E-state index in [1.807, 2.05) is 0 Å². The standard InChI is InChI=1S/C15H13ClF2N2O3S/c1-9-6-11(3-5-13(9)17)24(22,23)19-8-15(21)20-10-2-4-14(18)12(16)7-10/h2-7,19H,8H2,1H3,(H,20,21). The Morgan fingerprint density at radius 2 is 1.79 bits per heavy atom. The highest BCUT2D eigenvalue weighted by Crippen LogP contribution is 2.19. The van der Waals surface area contributed by atoms with Crippen LogP contribution in [0.5, 0.6) is 0 Å². The molecule has 0 aliphatic carbocycles. The molecule has 0 aliphatic rings. The molecule has 2 N–H and O–H groups in total. The molecule has 0 fully saturated rings. The van der Waals surface area contributed by atoms with E-state index in [0.29, 0.717) is 0 Å². The number of carbonyl (C=O) groups excluding carboxylic acids is 1. The first-order valence-corrected chi connectivity index (χ1v) is 8.56. The molecule has 0 atom stereocenters. The van der Waals surface area contributed by atoms with Gasteiger partial charge in [0, 0.05) is 5.69 Å². The molecule has 5 nitrogen and oxygen atoms in total. The van der Waals surface area contributed by atoms with Crippen molar-refractivity contribution in [3.63, 3.8) is 0 Å². The fourth-order valence-corrected chi connectivity index (χ4v) is 3.05. The van der Waals surface area contributed by atoms with Crippen molar-refractivity contribution >= 4 is 33.2 Å².